The summed E-state index contributed by atoms with van der Waals surface area (Å²) in [6, 6.07) is 189. The van der Waals surface area contributed by atoms with Crippen molar-refractivity contribution in [1.82, 2.24) is 37.4 Å². The van der Waals surface area contributed by atoms with Gasteiger partial charge in [-0.15, -0.1) is 0 Å². The van der Waals surface area contributed by atoms with Crippen LogP contribution in [0, 0.1) is 0 Å². The molecule has 23 aromatic carbocycles. The Balaban J connectivity index is 0.000000105. The van der Waals surface area contributed by atoms with Crippen LogP contribution in [0.3, 0.4) is 0 Å². The summed E-state index contributed by atoms with van der Waals surface area (Å²) in [5.41, 5.74) is 32.6. The van der Waals surface area contributed by atoms with E-state index in [1.54, 1.807) is 0 Å². The largest absolute Gasteiger partial charge is 0.309 e. The molecule has 8 nitrogen and oxygen atoms in total. The highest BCUT2D eigenvalue weighted by atomic mass is 15.2. The normalized spacial score (nSPS) is 11.8. The van der Waals surface area contributed by atoms with Crippen molar-refractivity contribution in [2.75, 3.05) is 0 Å². The molecule has 0 N–H and O–H groups in total. The van der Waals surface area contributed by atoms with Gasteiger partial charge in [-0.25, -0.2) is 9.97 Å². The van der Waals surface area contributed by atoms with Crippen molar-refractivity contribution in [2.45, 2.75) is 0 Å². The minimum absolute atomic E-state index is 0.659. The van der Waals surface area contributed by atoms with Crippen LogP contribution in [0.4, 0.5) is 0 Å². The SMILES string of the molecule is c1ccc(-c2ccc(-n3c4ccccc4c4cc(-c5ccc6c(c5)c5ccccc5n6-c5cccc(-c6ccccc6)c5)ccc43)cc2)cc1.c1ccc2c(-c3cc(-n4c5ccccc5c5ccccc54)cc(-n4c5ccccc5c5ccccc54)c3)cccc2c1.c1ccc2cc(-c3nc(-n4c5ccc(-n6c7ccccc7c7ccccc76)cc5c5cc6ccccc6cc54)nc4ccccc34)ccc2c1. The van der Waals surface area contributed by atoms with Crippen LogP contribution in [0.25, 0.3) is 264 Å². The Kier molecular flexibility index (Phi) is 19.2. The van der Waals surface area contributed by atoms with E-state index < -0.39 is 0 Å². The summed E-state index contributed by atoms with van der Waals surface area (Å²) in [5.74, 6) is 0.659. The number of benzene rings is 23. The van der Waals surface area contributed by atoms with Gasteiger partial charge in [-0.3, -0.25) is 4.57 Å². The van der Waals surface area contributed by atoms with Gasteiger partial charge in [0.15, 0.2) is 0 Å². The van der Waals surface area contributed by atoms with Crippen molar-refractivity contribution in [2.24, 2.45) is 0 Å². The summed E-state index contributed by atoms with van der Waals surface area (Å²) in [7, 11) is 0. The highest BCUT2D eigenvalue weighted by molar-refractivity contribution is 6.18. The number of aromatic nitrogens is 8. The highest BCUT2D eigenvalue weighted by Crippen LogP contribution is 2.46. The lowest BCUT2D eigenvalue weighted by Crippen LogP contribution is -2.03. The van der Waals surface area contributed by atoms with E-state index in [9.17, 15) is 0 Å². The molecule has 0 unspecified atom stereocenters. The second kappa shape index (κ2) is 33.5. The van der Waals surface area contributed by atoms with E-state index in [1.807, 2.05) is 0 Å². The molecule has 0 saturated carbocycles. The number of hydrogen-bond acceptors (Lipinski definition) is 2. The van der Waals surface area contributed by atoms with E-state index in [1.165, 1.54) is 191 Å². The fraction of sp³-hybridized carbons (Fsp3) is 0. The van der Waals surface area contributed by atoms with Crippen LogP contribution in [0.5, 0.6) is 0 Å². The first kappa shape index (κ1) is 81.3. The van der Waals surface area contributed by atoms with Gasteiger partial charge in [0.1, 0.15) is 0 Å². The number of para-hydroxylation sites is 9. The molecule has 0 radical (unpaired) electrons. The molecule has 0 fully saturated rings. The first-order valence-corrected chi connectivity index (χ1v) is 48.6. The van der Waals surface area contributed by atoms with Crippen LogP contribution >= 0.6 is 0 Å². The molecule has 0 spiro atoms. The molecule has 30 aromatic rings. The molecule has 0 bridgehead atoms. The zero-order valence-corrected chi connectivity index (χ0v) is 77.2. The predicted molar refractivity (Wildman–Crippen MR) is 598 cm³/mol. The molecule has 8 heteroatoms. The lowest BCUT2D eigenvalue weighted by atomic mass is 9.97. The van der Waals surface area contributed by atoms with Gasteiger partial charge in [-0.05, 0) is 235 Å². The Bertz CT molecular complexity index is 10000. The van der Waals surface area contributed by atoms with E-state index in [4.69, 9.17) is 9.97 Å². The standard InChI is InChI=1S/C48H32N2.C46H28N4.C40H26N2/c1-3-12-33(13-4-1)35-22-26-39(27-23-35)49-45-20-9-7-18-41(45)43-31-37(24-28-47(43)49)38-25-29-48-44(32-38)42-19-8-10-21-46(42)50(48)40-17-11-16-36(30-40)34-14-5-2-6-15-34;1-2-12-30-25-33(22-21-29(30)11-1)45-37-17-5-8-18-40(37)47-46(48-45)50-43-24-23-34(28-39(43)38-26-31-13-3-4-14-32(31)27-44(38)50)49-41-19-9-6-15-35(41)36-16-7-10-20-42(36)49;1-2-14-31-27(12-1)13-11-19-32(31)28-24-29(41-37-20-7-3-15-33(37)34-16-4-8-21-38(34)41)26-30(25-28)42-39-22-9-5-17-35(39)36-18-6-10-23-40(36)42/h1-32H;1-28H;1-26H. The molecule has 0 aliphatic rings. The average molecular weight is 1810 g/mol. The van der Waals surface area contributed by atoms with Crippen molar-refractivity contribution in [1.29, 1.82) is 0 Å². The van der Waals surface area contributed by atoms with Crippen LogP contribution in [-0.4, -0.2) is 37.4 Å². The fourth-order valence-corrected chi connectivity index (χ4v) is 22.6. The first-order chi connectivity index (χ1) is 70.4. The van der Waals surface area contributed by atoms with E-state index in [-0.39, 0.29) is 0 Å². The van der Waals surface area contributed by atoms with Crippen molar-refractivity contribution in [3.05, 3.63) is 522 Å². The Labute approximate surface area is 817 Å². The average Bonchev–Trinajstić information content (AvgIpc) is 1.55. The summed E-state index contributed by atoms with van der Waals surface area (Å²) >= 11 is 0. The maximum Gasteiger partial charge on any atom is 0.235 e. The molecule has 7 heterocycles. The maximum atomic E-state index is 5.40. The van der Waals surface area contributed by atoms with E-state index in [2.05, 4.69) is 549 Å². The van der Waals surface area contributed by atoms with Gasteiger partial charge in [0, 0.05) is 104 Å². The Hall–Kier alpha value is -19.0. The molecule has 0 atom stereocenters. The van der Waals surface area contributed by atoms with Gasteiger partial charge in [-0.1, -0.05) is 364 Å². The number of rotatable bonds is 11. The third kappa shape index (κ3) is 13.5. The fourth-order valence-electron chi connectivity index (χ4n) is 22.6. The van der Waals surface area contributed by atoms with Crippen molar-refractivity contribution in [3.8, 4) is 90.2 Å². The zero-order valence-electron chi connectivity index (χ0n) is 77.2. The van der Waals surface area contributed by atoms with Crippen LogP contribution in [-0.2, 0) is 0 Å². The molecule has 30 rings (SSSR count). The zero-order chi connectivity index (χ0) is 93.4. The first-order valence-electron chi connectivity index (χ1n) is 48.6. The van der Waals surface area contributed by atoms with Gasteiger partial charge in [0.05, 0.1) is 77.4 Å². The molecular formula is C134H86N8. The van der Waals surface area contributed by atoms with Gasteiger partial charge >= 0.3 is 0 Å². The highest BCUT2D eigenvalue weighted by Gasteiger charge is 2.25. The summed E-state index contributed by atoms with van der Waals surface area (Å²) in [5, 5.41) is 23.2. The third-order valence-corrected chi connectivity index (χ3v) is 29.1. The van der Waals surface area contributed by atoms with Crippen LogP contribution in [0.1, 0.15) is 0 Å². The Morgan fingerprint density at radius 1 is 0.127 bits per heavy atom. The Morgan fingerprint density at radius 2 is 0.444 bits per heavy atom. The second-order valence-corrected chi connectivity index (χ2v) is 37.1. The maximum absolute atomic E-state index is 5.40. The smallest absolute Gasteiger partial charge is 0.235 e. The topological polar surface area (TPSA) is 55.4 Å². The lowest BCUT2D eigenvalue weighted by Gasteiger charge is -2.16. The molecule has 0 aliphatic heterocycles. The molecular weight excluding hydrogens is 1720 g/mol. The molecule has 142 heavy (non-hydrogen) atoms. The van der Waals surface area contributed by atoms with Gasteiger partial charge in [-0.2, -0.15) is 0 Å². The van der Waals surface area contributed by atoms with Crippen LogP contribution in [0.15, 0.2) is 522 Å². The summed E-state index contributed by atoms with van der Waals surface area (Å²) in [6.45, 7) is 0. The summed E-state index contributed by atoms with van der Waals surface area (Å²) in [6.07, 6.45) is 0. The number of hydrogen-bond donors (Lipinski definition) is 0. The Morgan fingerprint density at radius 3 is 0.965 bits per heavy atom. The molecule has 0 aliphatic carbocycles. The monoisotopic (exact) mass is 1810 g/mol. The lowest BCUT2D eigenvalue weighted by molar-refractivity contribution is 1.01. The summed E-state index contributed by atoms with van der Waals surface area (Å²) < 4.78 is 14.3. The van der Waals surface area contributed by atoms with E-state index in [0.717, 1.165) is 67.0 Å². The van der Waals surface area contributed by atoms with Crippen molar-refractivity contribution >= 4 is 174 Å². The molecule has 0 saturated heterocycles. The quantitative estimate of drug-likeness (QED) is 0.130. The predicted octanol–water partition coefficient (Wildman–Crippen LogP) is 35.4. The number of nitrogens with zero attached hydrogens (tertiary/aromatic N) is 8. The second-order valence-electron chi connectivity index (χ2n) is 37.1. The van der Waals surface area contributed by atoms with E-state index >= 15 is 0 Å². The molecule has 7 aromatic heterocycles. The molecule has 0 amide bonds. The summed E-state index contributed by atoms with van der Waals surface area (Å²) in [4.78, 5) is 10.6. The van der Waals surface area contributed by atoms with Gasteiger partial charge in [0.2, 0.25) is 5.95 Å². The number of fused-ring (bicyclic) bond motifs is 22. The van der Waals surface area contributed by atoms with E-state index in [0.29, 0.717) is 5.95 Å². The van der Waals surface area contributed by atoms with Crippen LogP contribution < -0.4 is 0 Å². The van der Waals surface area contributed by atoms with Crippen molar-refractivity contribution in [3.63, 3.8) is 0 Å². The van der Waals surface area contributed by atoms with Gasteiger partial charge < -0.3 is 22.8 Å². The minimum Gasteiger partial charge on any atom is -0.309 e. The van der Waals surface area contributed by atoms with Gasteiger partial charge in [0.25, 0.3) is 0 Å². The van der Waals surface area contributed by atoms with Crippen LogP contribution in [0.2, 0.25) is 0 Å². The molecule has 662 valence electrons. The third-order valence-electron chi connectivity index (χ3n) is 29.1. The minimum atomic E-state index is 0.659. The van der Waals surface area contributed by atoms with Crippen molar-refractivity contribution < 1.29 is 0 Å².